The van der Waals surface area contributed by atoms with Gasteiger partial charge in [0.05, 0.1) is 12.3 Å². The van der Waals surface area contributed by atoms with Gasteiger partial charge >= 0.3 is 0 Å². The predicted molar refractivity (Wildman–Crippen MR) is 57.0 cm³/mol. The fourth-order valence-corrected chi connectivity index (χ4v) is 1.11. The maximum absolute atomic E-state index is 12.4. The van der Waals surface area contributed by atoms with Crippen LogP contribution in [0, 0.1) is 5.95 Å². The number of pyridine rings is 1. The van der Waals surface area contributed by atoms with Gasteiger partial charge in [0.1, 0.15) is 5.75 Å². The van der Waals surface area contributed by atoms with Crippen LogP contribution in [0.5, 0.6) is 5.75 Å². The fourth-order valence-electron chi connectivity index (χ4n) is 1.11. The van der Waals surface area contributed by atoms with Crippen molar-refractivity contribution in [3.63, 3.8) is 0 Å². The Morgan fingerprint density at radius 1 is 1.29 bits per heavy atom. The lowest BCUT2D eigenvalue weighted by Crippen LogP contribution is -2.24. The Balaban J connectivity index is 0.000000845. The molecular formula is C9H12Cl2FNO. The van der Waals surface area contributed by atoms with Gasteiger partial charge in [-0.2, -0.15) is 4.39 Å². The molecule has 5 heteroatoms. The van der Waals surface area contributed by atoms with Crippen molar-refractivity contribution in [2.24, 2.45) is 0 Å². The molecule has 1 aliphatic carbocycles. The van der Waals surface area contributed by atoms with E-state index in [0.717, 1.165) is 12.8 Å². The summed E-state index contributed by atoms with van der Waals surface area (Å²) in [6.45, 7) is 0. The van der Waals surface area contributed by atoms with Crippen LogP contribution in [0.15, 0.2) is 18.3 Å². The minimum atomic E-state index is -0.462. The van der Waals surface area contributed by atoms with E-state index in [-0.39, 0.29) is 24.8 Å². The normalized spacial score (nSPS) is 14.6. The molecule has 0 bridgehead atoms. The SMILES string of the molecule is Cl.Cl.Fc1ccc(OC2CCC2)cn1. The zero-order valence-corrected chi connectivity index (χ0v) is 9.11. The lowest BCUT2D eigenvalue weighted by Gasteiger charge is -2.25. The third kappa shape index (κ3) is 3.31. The highest BCUT2D eigenvalue weighted by atomic mass is 35.5. The summed E-state index contributed by atoms with van der Waals surface area (Å²) in [5.41, 5.74) is 0. The van der Waals surface area contributed by atoms with E-state index in [1.54, 1.807) is 6.07 Å². The third-order valence-electron chi connectivity index (χ3n) is 2.06. The molecule has 1 aliphatic rings. The van der Waals surface area contributed by atoms with Crippen LogP contribution >= 0.6 is 24.8 Å². The van der Waals surface area contributed by atoms with Crippen LogP contribution in [0.2, 0.25) is 0 Å². The highest BCUT2D eigenvalue weighted by molar-refractivity contribution is 5.85. The molecule has 0 N–H and O–H groups in total. The Hall–Kier alpha value is -0.540. The van der Waals surface area contributed by atoms with E-state index in [2.05, 4.69) is 4.98 Å². The molecule has 80 valence electrons. The Morgan fingerprint density at radius 2 is 2.00 bits per heavy atom. The lowest BCUT2D eigenvalue weighted by atomic mass is 9.96. The van der Waals surface area contributed by atoms with Gasteiger partial charge in [0.2, 0.25) is 5.95 Å². The molecule has 1 aromatic rings. The molecular weight excluding hydrogens is 228 g/mol. The Labute approximate surface area is 94.7 Å². The number of nitrogens with zero attached hydrogens (tertiary/aromatic N) is 1. The maximum atomic E-state index is 12.4. The molecule has 0 saturated heterocycles. The molecule has 0 amide bonds. The summed E-state index contributed by atoms with van der Waals surface area (Å²) in [4.78, 5) is 3.50. The van der Waals surface area contributed by atoms with Crippen molar-refractivity contribution in [3.8, 4) is 5.75 Å². The number of halogens is 3. The monoisotopic (exact) mass is 239 g/mol. The second kappa shape index (κ2) is 6.04. The molecule has 0 aromatic carbocycles. The van der Waals surface area contributed by atoms with E-state index in [1.807, 2.05) is 0 Å². The first kappa shape index (κ1) is 13.5. The zero-order valence-electron chi connectivity index (χ0n) is 7.48. The van der Waals surface area contributed by atoms with Gasteiger partial charge in [-0.05, 0) is 31.4 Å². The Kier molecular flexibility index (Phi) is 5.81. The number of hydrogen-bond donors (Lipinski definition) is 0. The first-order valence-corrected chi connectivity index (χ1v) is 4.13. The highest BCUT2D eigenvalue weighted by Gasteiger charge is 2.18. The molecule has 0 radical (unpaired) electrons. The van der Waals surface area contributed by atoms with Crippen molar-refractivity contribution in [2.75, 3.05) is 0 Å². The molecule has 14 heavy (non-hydrogen) atoms. The van der Waals surface area contributed by atoms with Crippen molar-refractivity contribution in [1.82, 2.24) is 4.98 Å². The van der Waals surface area contributed by atoms with E-state index < -0.39 is 5.95 Å². The third-order valence-corrected chi connectivity index (χ3v) is 2.06. The first-order chi connectivity index (χ1) is 5.84. The molecule has 0 atom stereocenters. The molecule has 2 nitrogen and oxygen atoms in total. The fraction of sp³-hybridized carbons (Fsp3) is 0.444. The van der Waals surface area contributed by atoms with E-state index in [9.17, 15) is 4.39 Å². The number of ether oxygens (including phenoxy) is 1. The average Bonchev–Trinajstić information content (AvgIpc) is 2.00. The van der Waals surface area contributed by atoms with Crippen LogP contribution in [0.3, 0.4) is 0 Å². The van der Waals surface area contributed by atoms with Gasteiger partial charge in [0.25, 0.3) is 0 Å². The van der Waals surface area contributed by atoms with Crippen molar-refractivity contribution in [2.45, 2.75) is 25.4 Å². The predicted octanol–water partition coefficient (Wildman–Crippen LogP) is 3.00. The summed E-state index contributed by atoms with van der Waals surface area (Å²) >= 11 is 0. The first-order valence-electron chi connectivity index (χ1n) is 4.13. The average molecular weight is 240 g/mol. The minimum absolute atomic E-state index is 0. The van der Waals surface area contributed by atoms with Crippen LogP contribution in [0.4, 0.5) is 4.39 Å². The van der Waals surface area contributed by atoms with Gasteiger partial charge in [0, 0.05) is 0 Å². The van der Waals surface area contributed by atoms with Gasteiger partial charge in [-0.3, -0.25) is 0 Å². The summed E-state index contributed by atoms with van der Waals surface area (Å²) in [6.07, 6.45) is 5.21. The molecule has 1 fully saturated rings. The van der Waals surface area contributed by atoms with Crippen molar-refractivity contribution in [3.05, 3.63) is 24.3 Å². The maximum Gasteiger partial charge on any atom is 0.213 e. The summed E-state index contributed by atoms with van der Waals surface area (Å²) in [5.74, 6) is 0.206. The largest absolute Gasteiger partial charge is 0.489 e. The molecule has 1 aromatic heterocycles. The van der Waals surface area contributed by atoms with Crippen LogP contribution in [-0.2, 0) is 0 Å². The molecule has 2 rings (SSSR count). The van der Waals surface area contributed by atoms with E-state index in [4.69, 9.17) is 4.74 Å². The second-order valence-corrected chi connectivity index (χ2v) is 2.99. The molecule has 0 aliphatic heterocycles. The smallest absolute Gasteiger partial charge is 0.213 e. The van der Waals surface area contributed by atoms with Crippen molar-refractivity contribution in [1.29, 1.82) is 0 Å². The molecule has 1 heterocycles. The Bertz CT molecular complexity index is 264. The second-order valence-electron chi connectivity index (χ2n) is 2.99. The summed E-state index contributed by atoms with van der Waals surface area (Å²) in [6, 6.07) is 2.93. The highest BCUT2D eigenvalue weighted by Crippen LogP contribution is 2.24. The van der Waals surface area contributed by atoms with Crippen LogP contribution in [-0.4, -0.2) is 11.1 Å². The van der Waals surface area contributed by atoms with Gasteiger partial charge in [-0.25, -0.2) is 4.98 Å². The molecule has 0 spiro atoms. The van der Waals surface area contributed by atoms with Crippen LogP contribution in [0.1, 0.15) is 19.3 Å². The summed E-state index contributed by atoms with van der Waals surface area (Å²) < 4.78 is 17.8. The topological polar surface area (TPSA) is 22.1 Å². The molecule has 1 saturated carbocycles. The molecule has 0 unspecified atom stereocenters. The number of aromatic nitrogens is 1. The van der Waals surface area contributed by atoms with E-state index in [1.165, 1.54) is 18.7 Å². The van der Waals surface area contributed by atoms with Gasteiger partial charge in [-0.1, -0.05) is 0 Å². The van der Waals surface area contributed by atoms with Crippen LogP contribution in [0.25, 0.3) is 0 Å². The summed E-state index contributed by atoms with van der Waals surface area (Å²) in [5, 5.41) is 0. The number of rotatable bonds is 2. The van der Waals surface area contributed by atoms with Crippen molar-refractivity contribution >= 4 is 24.8 Å². The standard InChI is InChI=1S/C9H10FNO.2ClH/c10-9-5-4-8(6-11-9)12-7-2-1-3-7;;/h4-7H,1-3H2;2*1H. The van der Waals surface area contributed by atoms with Gasteiger partial charge < -0.3 is 4.74 Å². The zero-order chi connectivity index (χ0) is 8.39. The Morgan fingerprint density at radius 3 is 2.43 bits per heavy atom. The van der Waals surface area contributed by atoms with Gasteiger partial charge in [-0.15, -0.1) is 24.8 Å². The van der Waals surface area contributed by atoms with E-state index in [0.29, 0.717) is 11.9 Å². The van der Waals surface area contributed by atoms with Crippen LogP contribution < -0.4 is 4.74 Å². The minimum Gasteiger partial charge on any atom is -0.489 e. The van der Waals surface area contributed by atoms with E-state index >= 15 is 0 Å². The van der Waals surface area contributed by atoms with Gasteiger partial charge in [0.15, 0.2) is 0 Å². The van der Waals surface area contributed by atoms with Crippen molar-refractivity contribution < 1.29 is 9.13 Å². The number of hydrogen-bond acceptors (Lipinski definition) is 2. The summed E-state index contributed by atoms with van der Waals surface area (Å²) in [7, 11) is 0. The lowest BCUT2D eigenvalue weighted by molar-refractivity contribution is 0.119. The quantitative estimate of drug-likeness (QED) is 0.741.